The Balaban J connectivity index is 2.43. The molecule has 0 atom stereocenters. The first-order chi connectivity index (χ1) is 10.0. The van der Waals surface area contributed by atoms with Gasteiger partial charge in [-0.15, -0.1) is 0 Å². The van der Waals surface area contributed by atoms with Crippen LogP contribution in [0.1, 0.15) is 11.1 Å². The lowest BCUT2D eigenvalue weighted by atomic mass is 9.79. The first kappa shape index (κ1) is 17.5. The van der Waals surface area contributed by atoms with Crippen molar-refractivity contribution in [3.05, 3.63) is 68.9 Å². The van der Waals surface area contributed by atoms with Gasteiger partial charge in [-0.3, -0.25) is 0 Å². The van der Waals surface area contributed by atoms with Crippen molar-refractivity contribution < 1.29 is 4.39 Å². The summed E-state index contributed by atoms with van der Waals surface area (Å²) in [6, 6.07) is 13.0. The van der Waals surface area contributed by atoms with E-state index in [0.717, 1.165) is 21.8 Å². The van der Waals surface area contributed by atoms with Crippen LogP contribution in [0.25, 0.3) is 0 Å². The van der Waals surface area contributed by atoms with Gasteiger partial charge in [0.25, 0.3) is 0 Å². The van der Waals surface area contributed by atoms with Gasteiger partial charge < -0.3 is 0 Å². The van der Waals surface area contributed by atoms with Crippen LogP contribution >= 0.6 is 59.4 Å². The van der Waals surface area contributed by atoms with E-state index in [4.69, 9.17) is 11.6 Å². The summed E-state index contributed by atoms with van der Waals surface area (Å²) in [4.78, 5) is 0. The minimum Gasteiger partial charge on any atom is -0.206 e. The Hall–Kier alpha value is 0.1000. The molecule has 0 saturated carbocycles. The lowest BCUT2D eigenvalue weighted by molar-refractivity contribution is 0.544. The monoisotopic (exact) mass is 496 g/mol. The summed E-state index contributed by atoms with van der Waals surface area (Å²) in [5.74, 6) is -0.235. The van der Waals surface area contributed by atoms with E-state index in [9.17, 15) is 4.39 Å². The first-order valence-corrected chi connectivity index (χ1v) is 9.74. The molecule has 0 unspecified atom stereocenters. The summed E-state index contributed by atoms with van der Waals surface area (Å²) in [5.41, 5.74) is 1.95. The molecule has 0 amide bonds. The molecule has 0 N–H and O–H groups in total. The maximum absolute atomic E-state index is 13.7. The Morgan fingerprint density at radius 1 is 1.00 bits per heavy atom. The minimum atomic E-state index is -0.235. The van der Waals surface area contributed by atoms with Gasteiger partial charge in [-0.2, -0.15) is 0 Å². The molecular formula is C16H13Br3ClF. The Labute approximate surface area is 154 Å². The summed E-state index contributed by atoms with van der Waals surface area (Å²) < 4.78 is 14.3. The normalized spacial score (nSPS) is 11.7. The molecular weight excluding hydrogens is 486 g/mol. The Kier molecular flexibility index (Phi) is 6.30. The molecule has 21 heavy (non-hydrogen) atoms. The predicted octanol–water partition coefficient (Wildman–Crippen LogP) is 6.51. The van der Waals surface area contributed by atoms with Crippen molar-refractivity contribution in [2.45, 2.75) is 11.8 Å². The molecule has 2 aromatic carbocycles. The second-order valence-electron chi connectivity index (χ2n) is 4.94. The quantitative estimate of drug-likeness (QED) is 0.412. The summed E-state index contributed by atoms with van der Waals surface area (Å²) in [6.45, 7) is 0. The smallest absolute Gasteiger partial charge is 0.137 e. The topological polar surface area (TPSA) is 0 Å². The van der Waals surface area contributed by atoms with Crippen LogP contribution in [0.2, 0.25) is 5.02 Å². The second-order valence-corrected chi connectivity index (χ2v) is 7.30. The number of hydrogen-bond donors (Lipinski definition) is 0. The van der Waals surface area contributed by atoms with E-state index in [-0.39, 0.29) is 11.2 Å². The van der Waals surface area contributed by atoms with Gasteiger partial charge >= 0.3 is 0 Å². The van der Waals surface area contributed by atoms with Gasteiger partial charge in [0.15, 0.2) is 0 Å². The zero-order valence-corrected chi connectivity index (χ0v) is 16.6. The van der Waals surface area contributed by atoms with E-state index in [1.165, 1.54) is 6.07 Å². The molecule has 0 radical (unpaired) electrons. The zero-order valence-electron chi connectivity index (χ0n) is 11.1. The van der Waals surface area contributed by atoms with Crippen molar-refractivity contribution >= 4 is 59.4 Å². The van der Waals surface area contributed by atoms with Crippen LogP contribution in [0.5, 0.6) is 0 Å². The van der Waals surface area contributed by atoms with Crippen molar-refractivity contribution in [2.75, 3.05) is 10.7 Å². The van der Waals surface area contributed by atoms with E-state index in [1.807, 2.05) is 30.3 Å². The van der Waals surface area contributed by atoms with Crippen molar-refractivity contribution in [2.24, 2.45) is 0 Å². The third-order valence-corrected chi connectivity index (χ3v) is 6.82. The molecule has 0 spiro atoms. The van der Waals surface area contributed by atoms with Gasteiger partial charge in [0.2, 0.25) is 0 Å². The average molecular weight is 499 g/mol. The first-order valence-electron chi connectivity index (χ1n) is 6.33. The van der Waals surface area contributed by atoms with Crippen LogP contribution < -0.4 is 0 Å². The SMILES string of the molecule is Fc1cccc(CC(CBr)(CBr)c2ccc(Cl)cc2)c1Br. The van der Waals surface area contributed by atoms with Crippen LogP contribution in [0.3, 0.4) is 0 Å². The lowest BCUT2D eigenvalue weighted by Crippen LogP contribution is -2.33. The highest BCUT2D eigenvalue weighted by atomic mass is 79.9. The Bertz CT molecular complexity index is 609. The molecule has 112 valence electrons. The number of halogens is 5. The van der Waals surface area contributed by atoms with Crippen molar-refractivity contribution in [3.63, 3.8) is 0 Å². The second kappa shape index (κ2) is 7.58. The van der Waals surface area contributed by atoms with E-state index >= 15 is 0 Å². The van der Waals surface area contributed by atoms with Crippen LogP contribution in [-0.4, -0.2) is 10.7 Å². The molecule has 0 bridgehead atoms. The van der Waals surface area contributed by atoms with Gasteiger partial charge in [0, 0.05) is 21.1 Å². The third-order valence-electron chi connectivity index (χ3n) is 3.53. The molecule has 0 fully saturated rings. The molecule has 5 heteroatoms. The molecule has 0 saturated heterocycles. The highest BCUT2D eigenvalue weighted by Gasteiger charge is 2.31. The Morgan fingerprint density at radius 3 is 2.19 bits per heavy atom. The van der Waals surface area contributed by atoms with E-state index < -0.39 is 0 Å². The molecule has 0 aliphatic rings. The minimum absolute atomic E-state index is 0.166. The predicted molar refractivity (Wildman–Crippen MR) is 98.5 cm³/mol. The fourth-order valence-electron chi connectivity index (χ4n) is 2.24. The van der Waals surface area contributed by atoms with E-state index in [0.29, 0.717) is 15.9 Å². The van der Waals surface area contributed by atoms with Crippen LogP contribution in [0.4, 0.5) is 4.39 Å². The fourth-order valence-corrected chi connectivity index (χ4v) is 4.74. The van der Waals surface area contributed by atoms with Crippen molar-refractivity contribution in [1.29, 1.82) is 0 Å². The summed E-state index contributed by atoms with van der Waals surface area (Å²) in [5, 5.41) is 2.23. The third kappa shape index (κ3) is 3.90. The van der Waals surface area contributed by atoms with E-state index in [2.05, 4.69) is 47.8 Å². The van der Waals surface area contributed by atoms with E-state index in [1.54, 1.807) is 6.07 Å². The molecule has 0 aliphatic heterocycles. The number of benzene rings is 2. The maximum Gasteiger partial charge on any atom is 0.137 e. The summed E-state index contributed by atoms with van der Waals surface area (Å²) in [6.07, 6.45) is 0.712. The molecule has 0 aliphatic carbocycles. The van der Waals surface area contributed by atoms with Crippen LogP contribution in [-0.2, 0) is 11.8 Å². The summed E-state index contributed by atoms with van der Waals surface area (Å²) in [7, 11) is 0. The van der Waals surface area contributed by atoms with Gasteiger partial charge in [0.1, 0.15) is 5.82 Å². The van der Waals surface area contributed by atoms with Gasteiger partial charge in [0.05, 0.1) is 4.47 Å². The molecule has 0 nitrogen and oxygen atoms in total. The highest BCUT2D eigenvalue weighted by molar-refractivity contribution is 9.10. The number of alkyl halides is 2. The molecule has 2 aromatic rings. The number of hydrogen-bond acceptors (Lipinski definition) is 0. The van der Waals surface area contributed by atoms with Gasteiger partial charge in [-0.25, -0.2) is 4.39 Å². The van der Waals surface area contributed by atoms with Crippen molar-refractivity contribution in [1.82, 2.24) is 0 Å². The highest BCUT2D eigenvalue weighted by Crippen LogP contribution is 2.36. The number of rotatable bonds is 5. The molecule has 0 aromatic heterocycles. The molecule has 2 rings (SSSR count). The van der Waals surface area contributed by atoms with Crippen molar-refractivity contribution in [3.8, 4) is 0 Å². The fraction of sp³-hybridized carbons (Fsp3) is 0.250. The zero-order chi connectivity index (χ0) is 15.5. The maximum atomic E-state index is 13.7. The largest absolute Gasteiger partial charge is 0.206 e. The van der Waals surface area contributed by atoms with Crippen LogP contribution in [0, 0.1) is 5.82 Å². The Morgan fingerprint density at radius 2 is 1.62 bits per heavy atom. The van der Waals surface area contributed by atoms with Gasteiger partial charge in [-0.05, 0) is 51.7 Å². The standard InChI is InChI=1S/C16H13Br3ClF/c17-9-16(10-18,12-4-6-13(20)7-5-12)8-11-2-1-3-14(21)15(11)19/h1-7H,8-10H2. The molecule has 0 heterocycles. The van der Waals surface area contributed by atoms with Crippen LogP contribution in [0.15, 0.2) is 46.9 Å². The lowest BCUT2D eigenvalue weighted by Gasteiger charge is -2.31. The summed E-state index contributed by atoms with van der Waals surface area (Å²) >= 11 is 16.6. The van der Waals surface area contributed by atoms with Gasteiger partial charge in [-0.1, -0.05) is 67.7 Å². The average Bonchev–Trinajstić information content (AvgIpc) is 2.50.